The summed E-state index contributed by atoms with van der Waals surface area (Å²) >= 11 is 5.10. The molecular weight excluding hydrogens is 441 g/mol. The Bertz CT molecular complexity index is 914. The molecule has 0 unspecified atom stereocenters. The molecule has 2 aromatic carbocycles. The van der Waals surface area contributed by atoms with Crippen molar-refractivity contribution in [1.29, 1.82) is 0 Å². The van der Waals surface area contributed by atoms with Crippen LogP contribution in [-0.4, -0.2) is 34.7 Å². The molecule has 174 valence electrons. The molecular formula is C23H27F3N2O3S. The Morgan fingerprint density at radius 3 is 2.09 bits per heavy atom. The van der Waals surface area contributed by atoms with E-state index in [4.69, 9.17) is 27.4 Å². The Labute approximate surface area is 191 Å². The van der Waals surface area contributed by atoms with E-state index < -0.39 is 23.3 Å². The Kier molecular flexibility index (Phi) is 8.49. The van der Waals surface area contributed by atoms with Crippen LogP contribution in [-0.2, 0) is 28.7 Å². The second kappa shape index (κ2) is 10.7. The number of hydrogen-bond acceptors (Lipinski definition) is 4. The maximum absolute atomic E-state index is 12.7. The van der Waals surface area contributed by atoms with E-state index in [1.54, 1.807) is 37.8 Å². The van der Waals surface area contributed by atoms with Crippen molar-refractivity contribution in [3.8, 4) is 5.75 Å². The van der Waals surface area contributed by atoms with Gasteiger partial charge in [0, 0.05) is 13.1 Å². The number of hydrogen-bond donors (Lipinski definition) is 1. The lowest BCUT2D eigenvalue weighted by Gasteiger charge is -2.24. The van der Waals surface area contributed by atoms with Crippen LogP contribution in [0, 0.1) is 0 Å². The lowest BCUT2D eigenvalue weighted by Crippen LogP contribution is -2.39. The van der Waals surface area contributed by atoms with E-state index in [9.17, 15) is 18.0 Å². The maximum Gasteiger partial charge on any atom is 0.416 e. The predicted octanol–water partition coefficient (Wildman–Crippen LogP) is 4.71. The van der Waals surface area contributed by atoms with Crippen molar-refractivity contribution in [2.75, 3.05) is 13.2 Å². The summed E-state index contributed by atoms with van der Waals surface area (Å²) in [7, 11) is 0. The van der Waals surface area contributed by atoms with Gasteiger partial charge in [0.25, 0.3) is 0 Å². The van der Waals surface area contributed by atoms with E-state index >= 15 is 0 Å². The standard InChI is InChI=1S/C23H27F3N2O3S/c1-4-30-20(29)22(2,3)31-19-11-7-16(8-12-19)13-14-28(21(27)32)15-17-5-9-18(10-6-17)23(24,25)26/h5-12H,4,13-15H2,1-3H3,(H2,27,32). The molecule has 2 N–H and O–H groups in total. The van der Waals surface area contributed by atoms with Gasteiger partial charge >= 0.3 is 12.1 Å². The lowest BCUT2D eigenvalue weighted by atomic mass is 10.1. The first kappa shape index (κ1) is 25.5. The summed E-state index contributed by atoms with van der Waals surface area (Å²) in [5.41, 5.74) is 5.66. The molecule has 0 aliphatic rings. The SMILES string of the molecule is CCOC(=O)C(C)(C)Oc1ccc(CCN(Cc2ccc(C(F)(F)F)cc2)C(N)=S)cc1. The molecule has 0 bridgehead atoms. The molecule has 9 heteroatoms. The van der Waals surface area contributed by atoms with Gasteiger partial charge < -0.3 is 20.1 Å². The molecule has 0 radical (unpaired) electrons. The zero-order chi connectivity index (χ0) is 23.9. The van der Waals surface area contributed by atoms with Crippen LogP contribution in [0.4, 0.5) is 13.2 Å². The average Bonchev–Trinajstić information content (AvgIpc) is 2.71. The minimum Gasteiger partial charge on any atom is -0.476 e. The quantitative estimate of drug-likeness (QED) is 0.425. The van der Waals surface area contributed by atoms with Crippen LogP contribution < -0.4 is 10.5 Å². The van der Waals surface area contributed by atoms with Crippen molar-refractivity contribution in [3.05, 3.63) is 65.2 Å². The molecule has 0 spiro atoms. The summed E-state index contributed by atoms with van der Waals surface area (Å²) in [5, 5.41) is 0.168. The van der Waals surface area contributed by atoms with E-state index in [-0.39, 0.29) is 11.7 Å². The number of thiocarbonyl (C=S) groups is 1. The number of nitrogens with zero attached hydrogens (tertiary/aromatic N) is 1. The fourth-order valence-electron chi connectivity index (χ4n) is 2.92. The number of carbonyl (C=O) groups is 1. The van der Waals surface area contributed by atoms with Crippen LogP contribution in [0.1, 0.15) is 37.5 Å². The fourth-order valence-corrected chi connectivity index (χ4v) is 3.07. The van der Waals surface area contributed by atoms with Gasteiger partial charge in [-0.3, -0.25) is 0 Å². The monoisotopic (exact) mass is 468 g/mol. The topological polar surface area (TPSA) is 64.8 Å². The molecule has 0 atom stereocenters. The van der Waals surface area contributed by atoms with Crippen molar-refractivity contribution < 1.29 is 27.4 Å². The Hall–Kier alpha value is -2.81. The lowest BCUT2D eigenvalue weighted by molar-refractivity contribution is -0.158. The summed E-state index contributed by atoms with van der Waals surface area (Å²) in [5.74, 6) is 0.0854. The second-order valence-electron chi connectivity index (χ2n) is 7.68. The molecule has 5 nitrogen and oxygen atoms in total. The minimum atomic E-state index is -4.37. The predicted molar refractivity (Wildman–Crippen MR) is 120 cm³/mol. The van der Waals surface area contributed by atoms with Gasteiger partial charge in [-0.25, -0.2) is 4.79 Å². The van der Waals surface area contributed by atoms with Crippen molar-refractivity contribution >= 4 is 23.3 Å². The Balaban J connectivity index is 1.96. The van der Waals surface area contributed by atoms with E-state index in [0.717, 1.165) is 17.7 Å². The van der Waals surface area contributed by atoms with Crippen LogP contribution in [0.3, 0.4) is 0 Å². The van der Waals surface area contributed by atoms with Crippen molar-refractivity contribution in [2.45, 2.75) is 45.5 Å². The van der Waals surface area contributed by atoms with Crippen LogP contribution in [0.25, 0.3) is 0 Å². The number of benzene rings is 2. The number of rotatable bonds is 9. The molecule has 2 rings (SSSR count). The van der Waals surface area contributed by atoms with Gasteiger partial charge in [-0.05, 0) is 74.8 Å². The zero-order valence-electron chi connectivity index (χ0n) is 18.2. The van der Waals surface area contributed by atoms with Gasteiger partial charge in [0.2, 0.25) is 0 Å². The minimum absolute atomic E-state index is 0.168. The molecule has 0 aromatic heterocycles. The number of ether oxygens (including phenoxy) is 2. The number of carbonyl (C=O) groups excluding carboxylic acids is 1. The fraction of sp³-hybridized carbons (Fsp3) is 0.391. The molecule has 32 heavy (non-hydrogen) atoms. The smallest absolute Gasteiger partial charge is 0.416 e. The largest absolute Gasteiger partial charge is 0.476 e. The molecule has 0 aliphatic heterocycles. The number of alkyl halides is 3. The first-order valence-electron chi connectivity index (χ1n) is 10.1. The highest BCUT2D eigenvalue weighted by Gasteiger charge is 2.31. The number of nitrogens with two attached hydrogens (primary N) is 1. The molecule has 0 amide bonds. The Morgan fingerprint density at radius 1 is 1.03 bits per heavy atom. The van der Waals surface area contributed by atoms with Gasteiger partial charge in [0.05, 0.1) is 12.2 Å². The van der Waals surface area contributed by atoms with Gasteiger partial charge in [0.1, 0.15) is 5.75 Å². The van der Waals surface area contributed by atoms with Crippen LogP contribution in [0.15, 0.2) is 48.5 Å². The third-order valence-corrected chi connectivity index (χ3v) is 4.96. The van der Waals surface area contributed by atoms with Gasteiger partial charge in [-0.2, -0.15) is 13.2 Å². The second-order valence-corrected chi connectivity index (χ2v) is 8.10. The number of halogens is 3. The van der Waals surface area contributed by atoms with Gasteiger partial charge in [0.15, 0.2) is 10.7 Å². The van der Waals surface area contributed by atoms with Crippen LogP contribution in [0.2, 0.25) is 0 Å². The zero-order valence-corrected chi connectivity index (χ0v) is 19.1. The van der Waals surface area contributed by atoms with E-state index in [0.29, 0.717) is 30.8 Å². The maximum atomic E-state index is 12.7. The summed E-state index contributed by atoms with van der Waals surface area (Å²) in [6.45, 7) is 6.08. The molecule has 0 aliphatic carbocycles. The highest BCUT2D eigenvalue weighted by Crippen LogP contribution is 2.29. The summed E-state index contributed by atoms with van der Waals surface area (Å²) in [4.78, 5) is 13.7. The van der Waals surface area contributed by atoms with Gasteiger partial charge in [-0.15, -0.1) is 0 Å². The third-order valence-electron chi connectivity index (χ3n) is 4.70. The first-order valence-corrected chi connectivity index (χ1v) is 10.5. The van der Waals surface area contributed by atoms with E-state index in [1.807, 2.05) is 12.1 Å². The highest BCUT2D eigenvalue weighted by molar-refractivity contribution is 7.80. The molecule has 0 saturated carbocycles. The average molecular weight is 469 g/mol. The molecule has 0 fully saturated rings. The number of esters is 1. The van der Waals surface area contributed by atoms with Crippen LogP contribution >= 0.6 is 12.2 Å². The molecule has 2 aromatic rings. The van der Waals surface area contributed by atoms with Gasteiger partial charge in [-0.1, -0.05) is 24.3 Å². The van der Waals surface area contributed by atoms with E-state index in [1.165, 1.54) is 12.1 Å². The van der Waals surface area contributed by atoms with Crippen molar-refractivity contribution in [1.82, 2.24) is 4.90 Å². The third kappa shape index (κ3) is 7.40. The Morgan fingerprint density at radius 2 is 1.59 bits per heavy atom. The van der Waals surface area contributed by atoms with Crippen molar-refractivity contribution in [3.63, 3.8) is 0 Å². The van der Waals surface area contributed by atoms with E-state index in [2.05, 4.69) is 0 Å². The molecule has 0 saturated heterocycles. The normalized spacial score (nSPS) is 11.7. The van der Waals surface area contributed by atoms with Crippen LogP contribution in [0.5, 0.6) is 5.75 Å². The highest BCUT2D eigenvalue weighted by atomic mass is 32.1. The van der Waals surface area contributed by atoms with Crippen molar-refractivity contribution in [2.24, 2.45) is 5.73 Å². The summed E-state index contributed by atoms with van der Waals surface area (Å²) in [6, 6.07) is 12.2. The molecule has 0 heterocycles. The summed E-state index contributed by atoms with van der Waals surface area (Å²) < 4.78 is 48.9. The first-order chi connectivity index (χ1) is 14.9. The summed E-state index contributed by atoms with van der Waals surface area (Å²) in [6.07, 6.45) is -3.76.